The Balaban J connectivity index is 1.29. The SMILES string of the molecule is Cn1c(=O)c2ccccc2n2c(SCC(=O)N3CCN(c4cccc(Cl)c4)CC3)nnc12. The molecular weight excluding hydrogens is 448 g/mol. The number of amides is 1. The number of hydrogen-bond donors (Lipinski definition) is 0. The number of anilines is 1. The minimum atomic E-state index is -0.120. The number of para-hydroxylation sites is 1. The van der Waals surface area contributed by atoms with Gasteiger partial charge < -0.3 is 9.80 Å². The molecule has 32 heavy (non-hydrogen) atoms. The lowest BCUT2D eigenvalue weighted by Crippen LogP contribution is -2.49. The zero-order chi connectivity index (χ0) is 22.2. The normalized spacial score (nSPS) is 14.4. The van der Waals surface area contributed by atoms with Crippen molar-refractivity contribution in [3.63, 3.8) is 0 Å². The summed E-state index contributed by atoms with van der Waals surface area (Å²) in [6.07, 6.45) is 0. The van der Waals surface area contributed by atoms with Crippen molar-refractivity contribution in [1.82, 2.24) is 24.1 Å². The predicted molar refractivity (Wildman–Crippen MR) is 127 cm³/mol. The number of aromatic nitrogens is 4. The van der Waals surface area contributed by atoms with Gasteiger partial charge in [-0.15, -0.1) is 10.2 Å². The van der Waals surface area contributed by atoms with Crippen molar-refractivity contribution >= 4 is 51.6 Å². The number of carbonyl (C=O) groups excluding carboxylic acids is 1. The average molecular weight is 469 g/mol. The van der Waals surface area contributed by atoms with E-state index in [4.69, 9.17) is 11.6 Å². The molecule has 0 radical (unpaired) electrons. The number of halogens is 1. The lowest BCUT2D eigenvalue weighted by Gasteiger charge is -2.36. The summed E-state index contributed by atoms with van der Waals surface area (Å²) in [6, 6.07) is 15.1. The Morgan fingerprint density at radius 1 is 1.06 bits per heavy atom. The summed E-state index contributed by atoms with van der Waals surface area (Å²) >= 11 is 7.44. The standard InChI is InChI=1S/C22H21ClN6O2S/c1-26-20(31)17-7-2-3-8-18(17)29-21(26)24-25-22(29)32-14-19(30)28-11-9-27(10-12-28)16-6-4-5-15(23)13-16/h2-8,13H,9-12,14H2,1H3. The van der Waals surface area contributed by atoms with Gasteiger partial charge in [-0.05, 0) is 30.3 Å². The third-order valence-electron chi connectivity index (χ3n) is 5.73. The highest BCUT2D eigenvalue weighted by molar-refractivity contribution is 7.99. The number of carbonyl (C=O) groups is 1. The molecule has 10 heteroatoms. The van der Waals surface area contributed by atoms with Gasteiger partial charge in [-0.2, -0.15) is 0 Å². The first-order chi connectivity index (χ1) is 15.5. The van der Waals surface area contributed by atoms with Crippen LogP contribution < -0.4 is 10.5 Å². The maximum absolute atomic E-state index is 12.9. The minimum absolute atomic E-state index is 0.0617. The fraction of sp³-hybridized carbons (Fsp3) is 0.273. The molecule has 1 aliphatic heterocycles. The van der Waals surface area contributed by atoms with Gasteiger partial charge in [-0.25, -0.2) is 0 Å². The number of aryl methyl sites for hydroxylation is 1. The fourth-order valence-corrected chi connectivity index (χ4v) is 5.04. The zero-order valence-corrected chi connectivity index (χ0v) is 19.0. The van der Waals surface area contributed by atoms with Crippen LogP contribution in [0.3, 0.4) is 0 Å². The Kier molecular flexibility index (Phi) is 5.52. The van der Waals surface area contributed by atoms with Crippen molar-refractivity contribution in [2.24, 2.45) is 7.05 Å². The molecule has 1 saturated heterocycles. The van der Waals surface area contributed by atoms with Gasteiger partial charge in [-0.1, -0.05) is 41.6 Å². The average Bonchev–Trinajstić information content (AvgIpc) is 3.25. The summed E-state index contributed by atoms with van der Waals surface area (Å²) < 4.78 is 3.32. The van der Waals surface area contributed by atoms with E-state index in [1.807, 2.05) is 51.8 Å². The first-order valence-corrected chi connectivity index (χ1v) is 11.6. The van der Waals surface area contributed by atoms with Gasteiger partial charge in [0.25, 0.3) is 5.56 Å². The van der Waals surface area contributed by atoms with Crippen LogP contribution in [0.4, 0.5) is 5.69 Å². The molecule has 0 aliphatic carbocycles. The molecule has 4 aromatic rings. The van der Waals surface area contributed by atoms with Crippen LogP contribution in [0.5, 0.6) is 0 Å². The van der Waals surface area contributed by atoms with E-state index >= 15 is 0 Å². The Morgan fingerprint density at radius 3 is 2.62 bits per heavy atom. The molecule has 1 amide bonds. The Morgan fingerprint density at radius 2 is 1.84 bits per heavy atom. The highest BCUT2D eigenvalue weighted by Gasteiger charge is 2.23. The third kappa shape index (κ3) is 3.71. The fourth-order valence-electron chi connectivity index (χ4n) is 4.01. The van der Waals surface area contributed by atoms with Crippen LogP contribution in [-0.2, 0) is 11.8 Å². The van der Waals surface area contributed by atoms with E-state index in [2.05, 4.69) is 15.1 Å². The van der Waals surface area contributed by atoms with E-state index in [0.29, 0.717) is 34.4 Å². The molecule has 3 heterocycles. The maximum atomic E-state index is 12.9. The third-order valence-corrected chi connectivity index (χ3v) is 6.88. The van der Waals surface area contributed by atoms with E-state index < -0.39 is 0 Å². The number of fused-ring (bicyclic) bond motifs is 3. The second-order valence-electron chi connectivity index (χ2n) is 7.64. The number of benzene rings is 2. The number of piperazine rings is 1. The maximum Gasteiger partial charge on any atom is 0.262 e. The van der Waals surface area contributed by atoms with Crippen LogP contribution >= 0.6 is 23.4 Å². The summed E-state index contributed by atoms with van der Waals surface area (Å²) in [7, 11) is 1.68. The van der Waals surface area contributed by atoms with Crippen molar-refractivity contribution in [2.45, 2.75) is 5.16 Å². The van der Waals surface area contributed by atoms with Crippen molar-refractivity contribution in [3.05, 3.63) is 63.9 Å². The summed E-state index contributed by atoms with van der Waals surface area (Å²) in [5.41, 5.74) is 1.69. The molecule has 0 saturated carbocycles. The van der Waals surface area contributed by atoms with E-state index in [0.717, 1.165) is 24.3 Å². The monoisotopic (exact) mass is 468 g/mol. The molecule has 2 aromatic carbocycles. The molecule has 0 bridgehead atoms. The molecule has 0 unspecified atom stereocenters. The zero-order valence-electron chi connectivity index (χ0n) is 17.4. The topological polar surface area (TPSA) is 75.7 Å². The largest absolute Gasteiger partial charge is 0.368 e. The number of nitrogens with zero attached hydrogens (tertiary/aromatic N) is 6. The van der Waals surface area contributed by atoms with Gasteiger partial charge in [0, 0.05) is 43.9 Å². The second kappa shape index (κ2) is 8.48. The van der Waals surface area contributed by atoms with E-state index in [1.54, 1.807) is 13.1 Å². The first-order valence-electron chi connectivity index (χ1n) is 10.3. The summed E-state index contributed by atoms with van der Waals surface area (Å²) in [6.45, 7) is 2.84. The minimum Gasteiger partial charge on any atom is -0.368 e. The molecule has 1 aliphatic rings. The van der Waals surface area contributed by atoms with Gasteiger partial charge in [0.2, 0.25) is 11.7 Å². The molecule has 1 fully saturated rings. The van der Waals surface area contributed by atoms with Gasteiger partial charge in [0.1, 0.15) is 0 Å². The molecule has 8 nitrogen and oxygen atoms in total. The smallest absolute Gasteiger partial charge is 0.262 e. The van der Waals surface area contributed by atoms with Crippen molar-refractivity contribution < 1.29 is 4.79 Å². The van der Waals surface area contributed by atoms with Gasteiger partial charge in [-0.3, -0.25) is 18.6 Å². The van der Waals surface area contributed by atoms with Crippen LogP contribution in [-0.4, -0.2) is 61.9 Å². The molecule has 0 N–H and O–H groups in total. The highest BCUT2D eigenvalue weighted by Crippen LogP contribution is 2.23. The lowest BCUT2D eigenvalue weighted by atomic mass is 10.2. The predicted octanol–water partition coefficient (Wildman–Crippen LogP) is 2.68. The van der Waals surface area contributed by atoms with Gasteiger partial charge in [0.15, 0.2) is 5.16 Å². The van der Waals surface area contributed by atoms with E-state index in [9.17, 15) is 9.59 Å². The molecule has 2 aromatic heterocycles. The van der Waals surface area contributed by atoms with Crippen LogP contribution in [0.15, 0.2) is 58.5 Å². The number of hydrogen-bond acceptors (Lipinski definition) is 6. The Bertz CT molecular complexity index is 1380. The van der Waals surface area contributed by atoms with Gasteiger partial charge in [0.05, 0.1) is 16.7 Å². The first kappa shape index (κ1) is 20.8. The Labute approximate surface area is 193 Å². The molecule has 0 spiro atoms. The summed E-state index contributed by atoms with van der Waals surface area (Å²) in [5.74, 6) is 0.778. The number of thioether (sulfide) groups is 1. The quantitative estimate of drug-likeness (QED) is 0.429. The van der Waals surface area contributed by atoms with Crippen molar-refractivity contribution in [3.8, 4) is 0 Å². The summed E-state index contributed by atoms with van der Waals surface area (Å²) in [4.78, 5) is 29.6. The summed E-state index contributed by atoms with van der Waals surface area (Å²) in [5, 5.41) is 10.3. The van der Waals surface area contributed by atoms with Crippen LogP contribution in [0.25, 0.3) is 16.7 Å². The van der Waals surface area contributed by atoms with Crippen molar-refractivity contribution in [2.75, 3.05) is 36.8 Å². The van der Waals surface area contributed by atoms with Crippen LogP contribution in [0.1, 0.15) is 0 Å². The molecule has 0 atom stereocenters. The molecular formula is C22H21ClN6O2S. The van der Waals surface area contributed by atoms with Crippen molar-refractivity contribution in [1.29, 1.82) is 0 Å². The lowest BCUT2D eigenvalue weighted by molar-refractivity contribution is -0.128. The van der Waals surface area contributed by atoms with E-state index in [1.165, 1.54) is 16.3 Å². The Hall–Kier alpha value is -3.04. The van der Waals surface area contributed by atoms with E-state index in [-0.39, 0.29) is 17.2 Å². The number of rotatable bonds is 4. The van der Waals surface area contributed by atoms with Gasteiger partial charge >= 0.3 is 0 Å². The highest BCUT2D eigenvalue weighted by atomic mass is 35.5. The van der Waals surface area contributed by atoms with Crippen LogP contribution in [0.2, 0.25) is 5.02 Å². The molecule has 164 valence electrons. The molecule has 5 rings (SSSR count). The van der Waals surface area contributed by atoms with Crippen LogP contribution in [0, 0.1) is 0 Å². The second-order valence-corrected chi connectivity index (χ2v) is 9.01.